The van der Waals surface area contributed by atoms with Gasteiger partial charge in [-0.05, 0) is 71.9 Å². The van der Waals surface area contributed by atoms with E-state index in [0.717, 1.165) is 24.8 Å². The fourth-order valence-electron chi connectivity index (χ4n) is 2.82. The van der Waals surface area contributed by atoms with Crippen molar-refractivity contribution in [2.75, 3.05) is 0 Å². The summed E-state index contributed by atoms with van der Waals surface area (Å²) in [4.78, 5) is 11.5. The topological polar surface area (TPSA) is 37.3 Å². The third-order valence-corrected chi connectivity index (χ3v) is 4.48. The molecule has 1 saturated carbocycles. The van der Waals surface area contributed by atoms with E-state index in [1.165, 1.54) is 3.57 Å². The summed E-state index contributed by atoms with van der Waals surface area (Å²) in [6.07, 6.45) is 3.34. The van der Waals surface area contributed by atoms with E-state index in [2.05, 4.69) is 41.6 Å². The maximum Gasteiger partial charge on any atom is 0.309 e. The summed E-state index contributed by atoms with van der Waals surface area (Å²) in [6, 6.07) is 8.19. The van der Waals surface area contributed by atoms with E-state index in [1.807, 2.05) is 12.1 Å². The van der Waals surface area contributed by atoms with Gasteiger partial charge in [-0.2, -0.15) is 0 Å². The minimum atomic E-state index is -0.625. The standard InChI is InChI=1S/C14H17IO2/c1-10-6-7-14(8-10,13(16)17)9-11-2-4-12(15)5-3-11/h2-5,10H,6-9H2,1H3,(H,16,17). The molecule has 2 rings (SSSR count). The van der Waals surface area contributed by atoms with Crippen molar-refractivity contribution in [3.8, 4) is 0 Å². The van der Waals surface area contributed by atoms with Crippen LogP contribution in [0.1, 0.15) is 31.7 Å². The smallest absolute Gasteiger partial charge is 0.309 e. The molecule has 3 heteroatoms. The van der Waals surface area contributed by atoms with Crippen molar-refractivity contribution in [3.05, 3.63) is 33.4 Å². The first kappa shape index (κ1) is 12.9. The number of carbonyl (C=O) groups is 1. The van der Waals surface area contributed by atoms with Gasteiger partial charge < -0.3 is 5.11 Å². The van der Waals surface area contributed by atoms with Crippen molar-refractivity contribution in [1.82, 2.24) is 0 Å². The summed E-state index contributed by atoms with van der Waals surface area (Å²) in [5.41, 5.74) is 0.619. The Bertz CT molecular complexity index is 413. The maximum absolute atomic E-state index is 11.5. The molecule has 2 atom stereocenters. The molecule has 0 amide bonds. The Kier molecular flexibility index (Phi) is 3.76. The minimum absolute atomic E-state index is 0.522. The first-order valence-corrected chi connectivity index (χ1v) is 7.07. The number of carboxylic acid groups (broad SMARTS) is 1. The lowest BCUT2D eigenvalue weighted by molar-refractivity contribution is -0.148. The summed E-state index contributed by atoms with van der Waals surface area (Å²) >= 11 is 2.26. The van der Waals surface area contributed by atoms with Crippen molar-refractivity contribution in [3.63, 3.8) is 0 Å². The fourth-order valence-corrected chi connectivity index (χ4v) is 3.18. The van der Waals surface area contributed by atoms with Gasteiger partial charge in [0, 0.05) is 3.57 Å². The Morgan fingerprint density at radius 3 is 2.59 bits per heavy atom. The number of aliphatic carboxylic acids is 1. The molecule has 0 aliphatic heterocycles. The van der Waals surface area contributed by atoms with Crippen molar-refractivity contribution >= 4 is 28.6 Å². The van der Waals surface area contributed by atoms with E-state index in [9.17, 15) is 9.90 Å². The van der Waals surface area contributed by atoms with E-state index in [4.69, 9.17) is 0 Å². The lowest BCUT2D eigenvalue weighted by Crippen LogP contribution is -2.30. The molecule has 17 heavy (non-hydrogen) atoms. The van der Waals surface area contributed by atoms with Crippen molar-refractivity contribution in [2.24, 2.45) is 11.3 Å². The summed E-state index contributed by atoms with van der Waals surface area (Å²) in [5, 5.41) is 9.50. The van der Waals surface area contributed by atoms with Crippen LogP contribution in [0.15, 0.2) is 24.3 Å². The Morgan fingerprint density at radius 2 is 2.12 bits per heavy atom. The molecule has 2 unspecified atom stereocenters. The molecule has 0 spiro atoms. The van der Waals surface area contributed by atoms with Crippen LogP contribution in [0.2, 0.25) is 0 Å². The predicted octanol–water partition coefficient (Wildman–Crippen LogP) is 3.72. The summed E-state index contributed by atoms with van der Waals surface area (Å²) in [5.74, 6) is -0.0876. The SMILES string of the molecule is CC1CCC(Cc2ccc(I)cc2)(C(=O)O)C1. The van der Waals surface area contributed by atoms with Gasteiger partial charge >= 0.3 is 5.97 Å². The molecular formula is C14H17IO2. The number of carboxylic acids is 1. The molecule has 0 bridgehead atoms. The molecule has 1 fully saturated rings. The summed E-state index contributed by atoms with van der Waals surface area (Å²) in [6.45, 7) is 2.15. The van der Waals surface area contributed by atoms with Crippen molar-refractivity contribution in [1.29, 1.82) is 0 Å². The number of halogens is 1. The van der Waals surface area contributed by atoms with E-state index < -0.39 is 11.4 Å². The highest BCUT2D eigenvalue weighted by atomic mass is 127. The zero-order valence-corrected chi connectivity index (χ0v) is 12.1. The predicted molar refractivity (Wildman–Crippen MR) is 75.9 cm³/mol. The second kappa shape index (κ2) is 4.96. The largest absolute Gasteiger partial charge is 0.481 e. The van der Waals surface area contributed by atoms with Gasteiger partial charge in [0.25, 0.3) is 0 Å². The highest BCUT2D eigenvalue weighted by Crippen LogP contribution is 2.44. The lowest BCUT2D eigenvalue weighted by Gasteiger charge is -2.24. The molecule has 1 aromatic rings. The summed E-state index contributed by atoms with van der Waals surface area (Å²) in [7, 11) is 0. The van der Waals surface area contributed by atoms with Gasteiger partial charge in [0.05, 0.1) is 5.41 Å². The van der Waals surface area contributed by atoms with Crippen LogP contribution in [0.3, 0.4) is 0 Å². The first-order valence-electron chi connectivity index (χ1n) is 6.00. The number of hydrogen-bond acceptors (Lipinski definition) is 1. The van der Waals surface area contributed by atoms with Gasteiger partial charge in [0.1, 0.15) is 0 Å². The average Bonchev–Trinajstić information content (AvgIpc) is 2.65. The second-order valence-electron chi connectivity index (χ2n) is 5.24. The van der Waals surface area contributed by atoms with Gasteiger partial charge in [-0.3, -0.25) is 4.79 Å². The van der Waals surface area contributed by atoms with Crippen LogP contribution >= 0.6 is 22.6 Å². The van der Waals surface area contributed by atoms with Gasteiger partial charge in [-0.25, -0.2) is 0 Å². The number of benzene rings is 1. The highest BCUT2D eigenvalue weighted by molar-refractivity contribution is 14.1. The van der Waals surface area contributed by atoms with Gasteiger partial charge in [0.15, 0.2) is 0 Å². The molecule has 1 aliphatic carbocycles. The molecule has 0 saturated heterocycles. The third kappa shape index (κ3) is 2.81. The van der Waals surface area contributed by atoms with Crippen LogP contribution in [0, 0.1) is 14.9 Å². The highest BCUT2D eigenvalue weighted by Gasteiger charge is 2.43. The van der Waals surface area contributed by atoms with Crippen LogP contribution < -0.4 is 0 Å². The molecule has 1 N–H and O–H groups in total. The maximum atomic E-state index is 11.5. The quantitative estimate of drug-likeness (QED) is 0.849. The molecule has 0 heterocycles. The van der Waals surface area contributed by atoms with Crippen LogP contribution in [0.5, 0.6) is 0 Å². The van der Waals surface area contributed by atoms with Crippen LogP contribution in [-0.4, -0.2) is 11.1 Å². The molecule has 0 aromatic heterocycles. The molecule has 0 radical (unpaired) electrons. The zero-order chi connectivity index (χ0) is 12.5. The Labute approximate surface area is 116 Å². The van der Waals surface area contributed by atoms with Crippen molar-refractivity contribution in [2.45, 2.75) is 32.6 Å². The first-order chi connectivity index (χ1) is 8.02. The van der Waals surface area contributed by atoms with Gasteiger partial charge in [-0.15, -0.1) is 0 Å². The van der Waals surface area contributed by atoms with E-state index >= 15 is 0 Å². The fraction of sp³-hybridized carbons (Fsp3) is 0.500. The Balaban J connectivity index is 2.19. The van der Waals surface area contributed by atoms with E-state index in [1.54, 1.807) is 0 Å². The lowest BCUT2D eigenvalue weighted by atomic mass is 9.79. The molecule has 1 aromatic carbocycles. The third-order valence-electron chi connectivity index (χ3n) is 3.76. The molecular weight excluding hydrogens is 327 g/mol. The number of hydrogen-bond donors (Lipinski definition) is 1. The molecule has 92 valence electrons. The van der Waals surface area contributed by atoms with E-state index in [-0.39, 0.29) is 0 Å². The molecule has 2 nitrogen and oxygen atoms in total. The van der Waals surface area contributed by atoms with Crippen LogP contribution in [0.4, 0.5) is 0 Å². The summed E-state index contributed by atoms with van der Waals surface area (Å²) < 4.78 is 1.19. The normalized spacial score (nSPS) is 28.2. The average molecular weight is 344 g/mol. The second-order valence-corrected chi connectivity index (χ2v) is 6.48. The molecule has 1 aliphatic rings. The monoisotopic (exact) mass is 344 g/mol. The Morgan fingerprint density at radius 1 is 1.47 bits per heavy atom. The minimum Gasteiger partial charge on any atom is -0.481 e. The van der Waals surface area contributed by atoms with Gasteiger partial charge in [-0.1, -0.05) is 19.1 Å². The van der Waals surface area contributed by atoms with E-state index in [0.29, 0.717) is 12.3 Å². The van der Waals surface area contributed by atoms with Gasteiger partial charge in [0.2, 0.25) is 0 Å². The van der Waals surface area contributed by atoms with Crippen LogP contribution in [-0.2, 0) is 11.2 Å². The number of rotatable bonds is 3. The van der Waals surface area contributed by atoms with Crippen LogP contribution in [0.25, 0.3) is 0 Å². The van der Waals surface area contributed by atoms with Crippen molar-refractivity contribution < 1.29 is 9.90 Å². The zero-order valence-electron chi connectivity index (χ0n) is 9.95. The Hall–Kier alpha value is -0.580.